The summed E-state index contributed by atoms with van der Waals surface area (Å²) in [4.78, 5) is 16.5. The van der Waals surface area contributed by atoms with Gasteiger partial charge in [-0.1, -0.05) is 18.2 Å². The Kier molecular flexibility index (Phi) is 2.45. The largest absolute Gasteiger partial charge is 0.461 e. The molecule has 0 radical (unpaired) electrons. The van der Waals surface area contributed by atoms with Gasteiger partial charge in [0.15, 0.2) is 5.76 Å². The molecule has 3 nitrogen and oxygen atoms in total. The SMILES string of the molecule is Cc1ccoc1C(=O)c1cnc2ccccc2c1. The highest BCUT2D eigenvalue weighted by Gasteiger charge is 2.15. The minimum absolute atomic E-state index is 0.129. The first kappa shape index (κ1) is 10.7. The van der Waals surface area contributed by atoms with E-state index >= 15 is 0 Å². The maximum absolute atomic E-state index is 12.2. The monoisotopic (exact) mass is 237 g/mol. The lowest BCUT2D eigenvalue weighted by Crippen LogP contribution is -2.02. The van der Waals surface area contributed by atoms with Gasteiger partial charge in [0, 0.05) is 17.1 Å². The smallest absolute Gasteiger partial charge is 0.230 e. The maximum atomic E-state index is 12.2. The first-order valence-electron chi connectivity index (χ1n) is 5.69. The number of nitrogens with zero attached hydrogens (tertiary/aromatic N) is 1. The molecular formula is C15H11NO2. The number of aromatic nitrogens is 1. The average molecular weight is 237 g/mol. The van der Waals surface area contributed by atoms with Crippen LogP contribution in [0.4, 0.5) is 0 Å². The lowest BCUT2D eigenvalue weighted by Gasteiger charge is -2.01. The Morgan fingerprint density at radius 3 is 2.83 bits per heavy atom. The summed E-state index contributed by atoms with van der Waals surface area (Å²) in [6.45, 7) is 1.85. The van der Waals surface area contributed by atoms with Gasteiger partial charge < -0.3 is 4.42 Å². The van der Waals surface area contributed by atoms with E-state index in [0.29, 0.717) is 11.3 Å². The molecule has 3 rings (SSSR count). The number of furan rings is 1. The first-order chi connectivity index (χ1) is 8.75. The van der Waals surface area contributed by atoms with Crippen LogP contribution in [-0.2, 0) is 0 Å². The van der Waals surface area contributed by atoms with Crippen LogP contribution in [0.3, 0.4) is 0 Å². The molecule has 0 saturated carbocycles. The predicted octanol–water partition coefficient (Wildman–Crippen LogP) is 3.37. The second kappa shape index (κ2) is 4.11. The van der Waals surface area contributed by atoms with Crippen molar-refractivity contribution in [1.29, 1.82) is 0 Å². The molecule has 0 spiro atoms. The van der Waals surface area contributed by atoms with Crippen molar-refractivity contribution in [2.45, 2.75) is 6.92 Å². The zero-order valence-corrected chi connectivity index (χ0v) is 9.88. The van der Waals surface area contributed by atoms with Crippen molar-refractivity contribution in [3.05, 3.63) is 65.7 Å². The van der Waals surface area contributed by atoms with E-state index in [9.17, 15) is 4.79 Å². The number of para-hydroxylation sites is 1. The summed E-state index contributed by atoms with van der Waals surface area (Å²) in [6.07, 6.45) is 3.11. The van der Waals surface area contributed by atoms with Gasteiger partial charge in [-0.2, -0.15) is 0 Å². The van der Waals surface area contributed by atoms with E-state index in [0.717, 1.165) is 16.5 Å². The summed E-state index contributed by atoms with van der Waals surface area (Å²) in [7, 11) is 0. The second-order valence-electron chi connectivity index (χ2n) is 4.18. The number of benzene rings is 1. The number of carbonyl (C=O) groups is 1. The highest BCUT2D eigenvalue weighted by molar-refractivity contribution is 6.09. The molecule has 0 aliphatic heterocycles. The summed E-state index contributed by atoms with van der Waals surface area (Å²) < 4.78 is 5.22. The summed E-state index contributed by atoms with van der Waals surface area (Å²) in [5.41, 5.74) is 2.27. The topological polar surface area (TPSA) is 43.1 Å². The van der Waals surface area contributed by atoms with Gasteiger partial charge in [0.05, 0.1) is 11.8 Å². The van der Waals surface area contributed by atoms with Gasteiger partial charge in [0.2, 0.25) is 5.78 Å². The van der Waals surface area contributed by atoms with Crippen molar-refractivity contribution >= 4 is 16.7 Å². The molecule has 2 aromatic heterocycles. The summed E-state index contributed by atoms with van der Waals surface area (Å²) in [5.74, 6) is 0.253. The third-order valence-electron chi connectivity index (χ3n) is 2.92. The maximum Gasteiger partial charge on any atom is 0.230 e. The van der Waals surface area contributed by atoms with Gasteiger partial charge in [-0.25, -0.2) is 0 Å². The van der Waals surface area contributed by atoms with Crippen LogP contribution in [0.2, 0.25) is 0 Å². The number of aryl methyl sites for hydroxylation is 1. The van der Waals surface area contributed by atoms with E-state index in [1.165, 1.54) is 6.26 Å². The molecule has 18 heavy (non-hydrogen) atoms. The molecule has 0 atom stereocenters. The minimum atomic E-state index is -0.129. The number of fused-ring (bicyclic) bond motifs is 1. The summed E-state index contributed by atoms with van der Waals surface area (Å²) in [5, 5.41) is 0.951. The van der Waals surface area contributed by atoms with Gasteiger partial charge in [-0.15, -0.1) is 0 Å². The minimum Gasteiger partial charge on any atom is -0.461 e. The van der Waals surface area contributed by atoms with E-state index in [2.05, 4.69) is 4.98 Å². The van der Waals surface area contributed by atoms with E-state index in [4.69, 9.17) is 4.42 Å². The van der Waals surface area contributed by atoms with Crippen LogP contribution in [0.5, 0.6) is 0 Å². The third kappa shape index (κ3) is 1.70. The van der Waals surface area contributed by atoms with Crippen molar-refractivity contribution in [2.75, 3.05) is 0 Å². The van der Waals surface area contributed by atoms with Crippen LogP contribution in [0.25, 0.3) is 10.9 Å². The predicted molar refractivity (Wildman–Crippen MR) is 68.6 cm³/mol. The Hall–Kier alpha value is -2.42. The fourth-order valence-electron chi connectivity index (χ4n) is 1.93. The van der Waals surface area contributed by atoms with E-state index in [1.54, 1.807) is 12.3 Å². The Bertz CT molecular complexity index is 728. The number of pyridine rings is 1. The Balaban J connectivity index is 2.10. The average Bonchev–Trinajstić information content (AvgIpc) is 2.83. The number of hydrogen-bond donors (Lipinski definition) is 0. The lowest BCUT2D eigenvalue weighted by molar-refractivity contribution is 0.101. The molecule has 3 heteroatoms. The molecule has 1 aromatic carbocycles. The van der Waals surface area contributed by atoms with Crippen LogP contribution in [-0.4, -0.2) is 10.8 Å². The quantitative estimate of drug-likeness (QED) is 0.642. The zero-order valence-electron chi connectivity index (χ0n) is 9.88. The van der Waals surface area contributed by atoms with Gasteiger partial charge in [-0.3, -0.25) is 9.78 Å². The van der Waals surface area contributed by atoms with Crippen molar-refractivity contribution in [2.24, 2.45) is 0 Å². The van der Waals surface area contributed by atoms with Crippen LogP contribution in [0, 0.1) is 6.92 Å². The molecule has 0 aliphatic carbocycles. The molecule has 0 amide bonds. The molecule has 0 fully saturated rings. The molecule has 0 bridgehead atoms. The fourth-order valence-corrected chi connectivity index (χ4v) is 1.93. The second-order valence-corrected chi connectivity index (χ2v) is 4.18. The van der Waals surface area contributed by atoms with Crippen LogP contribution in [0.15, 0.2) is 53.3 Å². The van der Waals surface area contributed by atoms with Crippen molar-refractivity contribution in [3.8, 4) is 0 Å². The molecule has 0 unspecified atom stereocenters. The highest BCUT2D eigenvalue weighted by Crippen LogP contribution is 2.18. The van der Waals surface area contributed by atoms with Crippen LogP contribution >= 0.6 is 0 Å². The summed E-state index contributed by atoms with van der Waals surface area (Å²) >= 11 is 0. The van der Waals surface area contributed by atoms with Gasteiger partial charge >= 0.3 is 0 Å². The van der Waals surface area contributed by atoms with Crippen molar-refractivity contribution in [1.82, 2.24) is 4.98 Å². The number of rotatable bonds is 2. The molecule has 2 heterocycles. The molecule has 0 aliphatic rings. The first-order valence-corrected chi connectivity index (χ1v) is 5.69. The molecule has 0 saturated heterocycles. The van der Waals surface area contributed by atoms with Gasteiger partial charge in [0.1, 0.15) is 0 Å². The molecule has 3 aromatic rings. The Morgan fingerprint density at radius 2 is 2.06 bits per heavy atom. The van der Waals surface area contributed by atoms with Crippen molar-refractivity contribution < 1.29 is 9.21 Å². The Labute approximate surface area is 104 Å². The van der Waals surface area contributed by atoms with E-state index in [-0.39, 0.29) is 5.78 Å². The van der Waals surface area contributed by atoms with E-state index < -0.39 is 0 Å². The summed E-state index contributed by atoms with van der Waals surface area (Å²) in [6, 6.07) is 11.3. The normalized spacial score (nSPS) is 10.7. The number of carbonyl (C=O) groups excluding carboxylic acids is 1. The van der Waals surface area contributed by atoms with E-state index in [1.807, 2.05) is 37.3 Å². The molecular weight excluding hydrogens is 226 g/mol. The van der Waals surface area contributed by atoms with Crippen LogP contribution < -0.4 is 0 Å². The molecule has 88 valence electrons. The Morgan fingerprint density at radius 1 is 1.22 bits per heavy atom. The van der Waals surface area contributed by atoms with Crippen LogP contribution in [0.1, 0.15) is 21.7 Å². The third-order valence-corrected chi connectivity index (χ3v) is 2.92. The lowest BCUT2D eigenvalue weighted by atomic mass is 10.1. The fraction of sp³-hybridized carbons (Fsp3) is 0.0667. The zero-order chi connectivity index (χ0) is 12.5. The van der Waals surface area contributed by atoms with Crippen molar-refractivity contribution in [3.63, 3.8) is 0 Å². The van der Waals surface area contributed by atoms with Gasteiger partial charge in [0.25, 0.3) is 0 Å². The molecule has 0 N–H and O–H groups in total. The van der Waals surface area contributed by atoms with Gasteiger partial charge in [-0.05, 0) is 30.7 Å². The highest BCUT2D eigenvalue weighted by atomic mass is 16.3. The standard InChI is InChI=1S/C15H11NO2/c1-10-6-7-18-15(10)14(17)12-8-11-4-2-3-5-13(11)16-9-12/h2-9H,1H3. The number of ketones is 1. The number of hydrogen-bond acceptors (Lipinski definition) is 3.